The minimum atomic E-state index is -0.150. The molecule has 2 nitrogen and oxygen atoms in total. The molecular weight excluding hydrogens is 164 g/mol. The quantitative estimate of drug-likeness (QED) is 0.671. The number of carbonyl (C=O) groups excluding carboxylic acids is 1. The van der Waals surface area contributed by atoms with E-state index in [9.17, 15) is 4.79 Å². The highest BCUT2D eigenvalue weighted by Gasteiger charge is 2.26. The number of methoxy groups -OCH3 is 1. The van der Waals surface area contributed by atoms with Gasteiger partial charge in [-0.25, -0.2) is 0 Å². The Kier molecular flexibility index (Phi) is 4.43. The molecule has 1 atom stereocenters. The van der Waals surface area contributed by atoms with Gasteiger partial charge in [0.15, 0.2) is 5.78 Å². The molecule has 0 bridgehead atoms. The fraction of sp³-hybridized carbons (Fsp3) is 0.909. The van der Waals surface area contributed by atoms with Crippen LogP contribution in [0.1, 0.15) is 45.4 Å². The van der Waals surface area contributed by atoms with E-state index in [1.165, 1.54) is 19.3 Å². The molecule has 0 aliphatic heterocycles. The maximum absolute atomic E-state index is 11.8. The SMILES string of the molecule is CCC(OC)C(=O)C1CCCCC1. The molecule has 76 valence electrons. The summed E-state index contributed by atoms with van der Waals surface area (Å²) in [5.74, 6) is 0.628. The summed E-state index contributed by atoms with van der Waals surface area (Å²) < 4.78 is 5.16. The van der Waals surface area contributed by atoms with Gasteiger partial charge < -0.3 is 4.74 Å². The number of hydrogen-bond acceptors (Lipinski definition) is 2. The van der Waals surface area contributed by atoms with Gasteiger partial charge in [-0.1, -0.05) is 26.2 Å². The van der Waals surface area contributed by atoms with Crippen molar-refractivity contribution in [2.75, 3.05) is 7.11 Å². The van der Waals surface area contributed by atoms with E-state index in [2.05, 4.69) is 0 Å². The normalized spacial score (nSPS) is 21.4. The molecule has 1 rings (SSSR count). The molecule has 0 aromatic heterocycles. The molecule has 0 amide bonds. The van der Waals surface area contributed by atoms with Crippen molar-refractivity contribution in [2.45, 2.75) is 51.6 Å². The Morgan fingerprint density at radius 1 is 1.38 bits per heavy atom. The molecule has 0 heterocycles. The monoisotopic (exact) mass is 184 g/mol. The first-order chi connectivity index (χ1) is 6.29. The van der Waals surface area contributed by atoms with Crippen molar-refractivity contribution in [2.24, 2.45) is 5.92 Å². The van der Waals surface area contributed by atoms with Crippen LogP contribution in [0, 0.1) is 5.92 Å². The van der Waals surface area contributed by atoms with Crippen LogP contribution in [-0.4, -0.2) is 19.0 Å². The highest BCUT2D eigenvalue weighted by molar-refractivity contribution is 5.85. The summed E-state index contributed by atoms with van der Waals surface area (Å²) >= 11 is 0. The number of rotatable bonds is 4. The van der Waals surface area contributed by atoms with Crippen molar-refractivity contribution in [3.05, 3.63) is 0 Å². The van der Waals surface area contributed by atoms with Crippen molar-refractivity contribution < 1.29 is 9.53 Å². The lowest BCUT2D eigenvalue weighted by molar-refractivity contribution is -0.134. The van der Waals surface area contributed by atoms with Gasteiger partial charge in [-0.2, -0.15) is 0 Å². The zero-order valence-electron chi connectivity index (χ0n) is 8.71. The molecule has 1 saturated carbocycles. The van der Waals surface area contributed by atoms with Crippen LogP contribution in [0.5, 0.6) is 0 Å². The van der Waals surface area contributed by atoms with Gasteiger partial charge in [0.2, 0.25) is 0 Å². The summed E-state index contributed by atoms with van der Waals surface area (Å²) in [4.78, 5) is 11.8. The van der Waals surface area contributed by atoms with Gasteiger partial charge in [-0.05, 0) is 19.3 Å². The van der Waals surface area contributed by atoms with E-state index in [0.29, 0.717) is 11.7 Å². The van der Waals surface area contributed by atoms with Gasteiger partial charge in [-0.15, -0.1) is 0 Å². The van der Waals surface area contributed by atoms with Crippen LogP contribution < -0.4 is 0 Å². The second-order valence-corrected chi connectivity index (χ2v) is 3.87. The largest absolute Gasteiger partial charge is 0.374 e. The zero-order valence-corrected chi connectivity index (χ0v) is 8.71. The minimum absolute atomic E-state index is 0.150. The van der Waals surface area contributed by atoms with Gasteiger partial charge in [0.25, 0.3) is 0 Å². The number of Topliss-reactive ketones (excluding diaryl/α,β-unsaturated/α-hetero) is 1. The van der Waals surface area contributed by atoms with E-state index < -0.39 is 0 Å². The third kappa shape index (κ3) is 2.80. The summed E-state index contributed by atoms with van der Waals surface area (Å²) in [6.45, 7) is 2.01. The summed E-state index contributed by atoms with van der Waals surface area (Å²) in [6, 6.07) is 0. The highest BCUT2D eigenvalue weighted by Crippen LogP contribution is 2.26. The van der Waals surface area contributed by atoms with Gasteiger partial charge >= 0.3 is 0 Å². The number of ketones is 1. The number of carbonyl (C=O) groups is 1. The van der Waals surface area contributed by atoms with Crippen LogP contribution >= 0.6 is 0 Å². The predicted molar refractivity (Wildman–Crippen MR) is 52.7 cm³/mol. The van der Waals surface area contributed by atoms with E-state index in [1.807, 2.05) is 6.92 Å². The molecule has 0 saturated heterocycles. The van der Waals surface area contributed by atoms with Crippen molar-refractivity contribution in [3.63, 3.8) is 0 Å². The predicted octanol–water partition coefficient (Wildman–Crippen LogP) is 2.56. The van der Waals surface area contributed by atoms with Gasteiger partial charge in [-0.3, -0.25) is 4.79 Å². The highest BCUT2D eigenvalue weighted by atomic mass is 16.5. The van der Waals surface area contributed by atoms with E-state index >= 15 is 0 Å². The van der Waals surface area contributed by atoms with Gasteiger partial charge in [0.05, 0.1) is 0 Å². The third-order valence-electron chi connectivity index (χ3n) is 2.98. The molecule has 1 aliphatic carbocycles. The maximum atomic E-state index is 11.8. The number of hydrogen-bond donors (Lipinski definition) is 0. The Hall–Kier alpha value is -0.370. The fourth-order valence-electron chi connectivity index (χ4n) is 2.13. The average molecular weight is 184 g/mol. The van der Waals surface area contributed by atoms with E-state index in [4.69, 9.17) is 4.74 Å². The maximum Gasteiger partial charge on any atom is 0.164 e. The molecule has 0 aromatic rings. The Labute approximate surface area is 80.7 Å². The van der Waals surface area contributed by atoms with Crippen LogP contribution in [0.25, 0.3) is 0 Å². The zero-order chi connectivity index (χ0) is 9.68. The molecule has 1 aliphatic rings. The van der Waals surface area contributed by atoms with E-state index in [-0.39, 0.29) is 6.10 Å². The first-order valence-electron chi connectivity index (χ1n) is 5.36. The lowest BCUT2D eigenvalue weighted by Gasteiger charge is -2.23. The molecule has 1 unspecified atom stereocenters. The summed E-state index contributed by atoms with van der Waals surface area (Å²) in [6.07, 6.45) is 6.56. The van der Waals surface area contributed by atoms with E-state index in [0.717, 1.165) is 19.3 Å². The van der Waals surface area contributed by atoms with Crippen molar-refractivity contribution in [3.8, 4) is 0 Å². The van der Waals surface area contributed by atoms with Crippen LogP contribution in [0.3, 0.4) is 0 Å². The molecule has 0 aromatic carbocycles. The molecule has 2 heteroatoms. The van der Waals surface area contributed by atoms with E-state index in [1.54, 1.807) is 7.11 Å². The summed E-state index contributed by atoms with van der Waals surface area (Å²) in [7, 11) is 1.63. The average Bonchev–Trinajstić information content (AvgIpc) is 2.21. The van der Waals surface area contributed by atoms with Crippen molar-refractivity contribution in [1.29, 1.82) is 0 Å². The molecule has 1 fully saturated rings. The number of ether oxygens (including phenoxy) is 1. The van der Waals surface area contributed by atoms with Crippen molar-refractivity contribution >= 4 is 5.78 Å². The molecular formula is C11H20O2. The standard InChI is InChI=1S/C11H20O2/c1-3-10(13-2)11(12)9-7-5-4-6-8-9/h9-10H,3-8H2,1-2H3. The Morgan fingerprint density at radius 2 is 2.00 bits per heavy atom. The molecule has 0 radical (unpaired) electrons. The van der Waals surface area contributed by atoms with Gasteiger partial charge in [0.1, 0.15) is 6.10 Å². The first kappa shape index (κ1) is 10.7. The van der Waals surface area contributed by atoms with Crippen molar-refractivity contribution in [1.82, 2.24) is 0 Å². The minimum Gasteiger partial charge on any atom is -0.374 e. The summed E-state index contributed by atoms with van der Waals surface area (Å²) in [5.41, 5.74) is 0. The topological polar surface area (TPSA) is 26.3 Å². The van der Waals surface area contributed by atoms with Crippen LogP contribution in [0.15, 0.2) is 0 Å². The summed E-state index contributed by atoms with van der Waals surface area (Å²) in [5, 5.41) is 0. The van der Waals surface area contributed by atoms with Gasteiger partial charge in [0, 0.05) is 13.0 Å². The molecule has 13 heavy (non-hydrogen) atoms. The second-order valence-electron chi connectivity index (χ2n) is 3.87. The lowest BCUT2D eigenvalue weighted by Crippen LogP contribution is -2.30. The Morgan fingerprint density at radius 3 is 2.46 bits per heavy atom. The molecule has 0 spiro atoms. The second kappa shape index (κ2) is 5.38. The lowest BCUT2D eigenvalue weighted by atomic mass is 9.84. The molecule has 0 N–H and O–H groups in total. The van der Waals surface area contributed by atoms with Crippen LogP contribution in [0.4, 0.5) is 0 Å². The Balaban J connectivity index is 2.44. The smallest absolute Gasteiger partial charge is 0.164 e. The van der Waals surface area contributed by atoms with Crippen LogP contribution in [-0.2, 0) is 9.53 Å². The van der Waals surface area contributed by atoms with Crippen LogP contribution in [0.2, 0.25) is 0 Å². The third-order valence-corrected chi connectivity index (χ3v) is 2.98. The Bertz CT molecular complexity index is 155. The fourth-order valence-corrected chi connectivity index (χ4v) is 2.13. The first-order valence-corrected chi connectivity index (χ1v) is 5.36.